The monoisotopic (exact) mass is 388 g/mol. The summed E-state index contributed by atoms with van der Waals surface area (Å²) in [5.41, 5.74) is 0. The number of hydrogen-bond donors (Lipinski definition) is 1. The Kier molecular flexibility index (Phi) is 7.08. The highest BCUT2D eigenvalue weighted by Crippen LogP contribution is 2.26. The van der Waals surface area contributed by atoms with Gasteiger partial charge >= 0.3 is 0 Å². The van der Waals surface area contributed by atoms with Crippen molar-refractivity contribution < 1.29 is 13.2 Å². The Morgan fingerprint density at radius 1 is 1.04 bits per heavy atom. The average molecular weight is 389 g/mol. The quantitative estimate of drug-likeness (QED) is 0.754. The topological polar surface area (TPSA) is 66.5 Å². The molecule has 2 aliphatic heterocycles. The molecular weight excluding hydrogens is 356 g/mol. The van der Waals surface area contributed by atoms with Crippen molar-refractivity contribution in [1.82, 2.24) is 10.2 Å². The van der Waals surface area contributed by atoms with E-state index in [-0.39, 0.29) is 22.7 Å². The van der Waals surface area contributed by atoms with Crippen molar-refractivity contribution in [2.45, 2.75) is 62.7 Å². The van der Waals surface area contributed by atoms with E-state index in [1.165, 1.54) is 50.4 Å². The zero-order valence-corrected chi connectivity index (χ0v) is 16.8. The minimum atomic E-state index is -2.85. The first-order valence-corrected chi connectivity index (χ1v) is 12.7. The minimum absolute atomic E-state index is 0.0695. The molecule has 1 amide bonds. The van der Waals surface area contributed by atoms with Crippen molar-refractivity contribution in [3.05, 3.63) is 0 Å². The number of carbonyl (C=O) groups excluding carboxylic acids is 1. The largest absolute Gasteiger partial charge is 0.353 e. The Hall–Kier alpha value is -0.270. The zero-order valence-electron chi connectivity index (χ0n) is 15.1. The summed E-state index contributed by atoms with van der Waals surface area (Å²) in [5, 5.41) is 3.26. The number of carbonyl (C=O) groups is 1. The van der Waals surface area contributed by atoms with E-state index in [9.17, 15) is 13.2 Å². The van der Waals surface area contributed by atoms with Crippen LogP contribution in [-0.4, -0.2) is 67.4 Å². The maximum absolute atomic E-state index is 12.1. The van der Waals surface area contributed by atoms with E-state index in [1.807, 2.05) is 0 Å². The molecule has 1 unspecified atom stereocenters. The van der Waals surface area contributed by atoms with Crippen LogP contribution in [0.15, 0.2) is 0 Å². The van der Waals surface area contributed by atoms with Gasteiger partial charge in [0.1, 0.15) is 0 Å². The Morgan fingerprint density at radius 3 is 2.40 bits per heavy atom. The van der Waals surface area contributed by atoms with E-state index in [0.717, 1.165) is 31.8 Å². The van der Waals surface area contributed by atoms with Crippen LogP contribution in [-0.2, 0) is 14.6 Å². The minimum Gasteiger partial charge on any atom is -0.353 e. The molecule has 2 saturated heterocycles. The van der Waals surface area contributed by atoms with E-state index in [4.69, 9.17) is 0 Å². The number of nitrogens with zero attached hydrogens (tertiary/aromatic N) is 1. The normalized spacial score (nSPS) is 28.9. The number of likely N-dealkylation sites (tertiary alicyclic amines) is 1. The van der Waals surface area contributed by atoms with Gasteiger partial charge in [-0.15, -0.1) is 11.8 Å². The summed E-state index contributed by atoms with van der Waals surface area (Å²) < 4.78 is 22.9. The molecule has 1 atom stereocenters. The Bertz CT molecular complexity index is 539. The number of sulfone groups is 1. The molecule has 1 N–H and O–H groups in total. The zero-order chi connectivity index (χ0) is 17.7. The fraction of sp³-hybridized carbons (Fsp3) is 0.944. The van der Waals surface area contributed by atoms with E-state index in [1.54, 1.807) is 0 Å². The number of thioether (sulfide) groups is 1. The molecule has 0 aromatic heterocycles. The van der Waals surface area contributed by atoms with Crippen LogP contribution in [0.3, 0.4) is 0 Å². The summed E-state index contributed by atoms with van der Waals surface area (Å²) in [6, 6.07) is 0.294. The highest BCUT2D eigenvalue weighted by molar-refractivity contribution is 8.02. The van der Waals surface area contributed by atoms with Crippen LogP contribution in [0.4, 0.5) is 0 Å². The second kappa shape index (κ2) is 9.09. The molecule has 25 heavy (non-hydrogen) atoms. The number of piperidine rings is 1. The van der Waals surface area contributed by atoms with Crippen molar-refractivity contribution in [3.63, 3.8) is 0 Å². The molecule has 7 heteroatoms. The van der Waals surface area contributed by atoms with Crippen molar-refractivity contribution in [2.75, 3.05) is 36.9 Å². The van der Waals surface area contributed by atoms with Crippen molar-refractivity contribution in [2.24, 2.45) is 5.92 Å². The second-order valence-electron chi connectivity index (χ2n) is 7.98. The van der Waals surface area contributed by atoms with E-state index < -0.39 is 9.84 Å². The lowest BCUT2D eigenvalue weighted by molar-refractivity contribution is -0.119. The first-order valence-electron chi connectivity index (χ1n) is 9.84. The smallest absolute Gasteiger partial charge is 0.230 e. The van der Waals surface area contributed by atoms with Gasteiger partial charge in [0, 0.05) is 30.9 Å². The third kappa shape index (κ3) is 6.43. The van der Waals surface area contributed by atoms with Crippen LogP contribution in [0, 0.1) is 5.92 Å². The van der Waals surface area contributed by atoms with Gasteiger partial charge in [-0.1, -0.05) is 19.3 Å². The van der Waals surface area contributed by atoms with E-state index in [2.05, 4.69) is 10.2 Å². The number of amides is 1. The van der Waals surface area contributed by atoms with Gasteiger partial charge in [0.25, 0.3) is 0 Å². The van der Waals surface area contributed by atoms with Crippen molar-refractivity contribution in [1.29, 1.82) is 0 Å². The fourth-order valence-corrected chi connectivity index (χ4v) is 7.80. The maximum atomic E-state index is 12.1. The number of hydrogen-bond acceptors (Lipinski definition) is 5. The molecule has 3 rings (SSSR count). The van der Waals surface area contributed by atoms with Gasteiger partial charge in [-0.05, 0) is 38.0 Å². The Morgan fingerprint density at radius 2 is 1.76 bits per heavy atom. The lowest BCUT2D eigenvalue weighted by Gasteiger charge is -2.35. The van der Waals surface area contributed by atoms with Gasteiger partial charge in [0.05, 0.1) is 17.3 Å². The SMILES string of the molecule is O=C(CSC1CCS(=O)(=O)C1)NC1CCN(CC2CCCCC2)CC1. The predicted octanol–water partition coefficient (Wildman–Crippen LogP) is 2.07. The summed E-state index contributed by atoms with van der Waals surface area (Å²) in [4.78, 5) is 14.7. The molecule has 0 aromatic carbocycles. The summed E-state index contributed by atoms with van der Waals surface area (Å²) in [6.45, 7) is 3.43. The fourth-order valence-electron chi connectivity index (χ4n) is 4.35. The molecule has 5 nitrogen and oxygen atoms in total. The van der Waals surface area contributed by atoms with Gasteiger partial charge in [0.15, 0.2) is 9.84 Å². The highest BCUT2D eigenvalue weighted by Gasteiger charge is 2.29. The lowest BCUT2D eigenvalue weighted by Crippen LogP contribution is -2.46. The van der Waals surface area contributed by atoms with E-state index >= 15 is 0 Å². The second-order valence-corrected chi connectivity index (χ2v) is 11.5. The Labute approximate surface area is 156 Å². The standard InChI is InChI=1S/C18H32N2O3S2/c21-18(13-24-17-8-11-25(22,23)14-17)19-16-6-9-20(10-7-16)12-15-4-2-1-3-5-15/h15-17H,1-14H2,(H,19,21). The van der Waals surface area contributed by atoms with Crippen LogP contribution >= 0.6 is 11.8 Å². The number of rotatable bonds is 6. The first kappa shape index (κ1) is 19.5. The molecule has 3 fully saturated rings. The van der Waals surface area contributed by atoms with Gasteiger partial charge < -0.3 is 10.2 Å². The molecule has 0 aromatic rings. The molecule has 1 saturated carbocycles. The molecular formula is C18H32N2O3S2. The van der Waals surface area contributed by atoms with Gasteiger partial charge in [-0.2, -0.15) is 0 Å². The van der Waals surface area contributed by atoms with Gasteiger partial charge in [0.2, 0.25) is 5.91 Å². The summed E-state index contributed by atoms with van der Waals surface area (Å²) >= 11 is 1.51. The third-order valence-electron chi connectivity index (χ3n) is 5.83. The highest BCUT2D eigenvalue weighted by atomic mass is 32.2. The van der Waals surface area contributed by atoms with Crippen molar-refractivity contribution >= 4 is 27.5 Å². The van der Waals surface area contributed by atoms with Crippen LogP contribution in [0.1, 0.15) is 51.4 Å². The van der Waals surface area contributed by atoms with Gasteiger partial charge in [-0.25, -0.2) is 8.42 Å². The maximum Gasteiger partial charge on any atom is 0.230 e. The molecule has 144 valence electrons. The van der Waals surface area contributed by atoms with Crippen LogP contribution in [0.2, 0.25) is 0 Å². The third-order valence-corrected chi connectivity index (χ3v) is 9.12. The summed E-state index contributed by atoms with van der Waals surface area (Å²) in [5.74, 6) is 1.87. The molecule has 3 aliphatic rings. The molecule has 0 spiro atoms. The Balaban J connectivity index is 1.29. The molecule has 1 aliphatic carbocycles. The predicted molar refractivity (Wildman–Crippen MR) is 104 cm³/mol. The summed E-state index contributed by atoms with van der Waals surface area (Å²) in [7, 11) is -2.85. The first-order chi connectivity index (χ1) is 12.0. The van der Waals surface area contributed by atoms with E-state index in [0.29, 0.717) is 18.2 Å². The summed E-state index contributed by atoms with van der Waals surface area (Å²) in [6.07, 6.45) is 9.78. The molecule has 2 heterocycles. The molecule has 0 radical (unpaired) electrons. The molecule has 0 bridgehead atoms. The van der Waals surface area contributed by atoms with Crippen LogP contribution in [0.25, 0.3) is 0 Å². The van der Waals surface area contributed by atoms with Gasteiger partial charge in [-0.3, -0.25) is 4.79 Å². The van der Waals surface area contributed by atoms with Crippen LogP contribution < -0.4 is 5.32 Å². The van der Waals surface area contributed by atoms with Crippen molar-refractivity contribution in [3.8, 4) is 0 Å². The lowest BCUT2D eigenvalue weighted by atomic mass is 9.88. The van der Waals surface area contributed by atoms with Crippen LogP contribution in [0.5, 0.6) is 0 Å². The average Bonchev–Trinajstić information content (AvgIpc) is 2.95. The number of nitrogens with one attached hydrogen (secondary N) is 1.